The second-order valence-electron chi connectivity index (χ2n) is 7.22. The average molecular weight is 355 g/mol. The molecule has 3 unspecified atom stereocenters. The van der Waals surface area contributed by atoms with Crippen LogP contribution in [0, 0.1) is 5.82 Å². The minimum Gasteiger partial charge on any atom is -0.294 e. The van der Waals surface area contributed by atoms with Crippen molar-refractivity contribution in [3.05, 3.63) is 59.4 Å². The van der Waals surface area contributed by atoms with Crippen molar-refractivity contribution in [3.63, 3.8) is 0 Å². The summed E-state index contributed by atoms with van der Waals surface area (Å²) in [4.78, 5) is 11.3. The summed E-state index contributed by atoms with van der Waals surface area (Å²) in [6.45, 7) is 4.72. The first-order valence-corrected chi connectivity index (χ1v) is 9.53. The summed E-state index contributed by atoms with van der Waals surface area (Å²) < 4.78 is 14.3. The van der Waals surface area contributed by atoms with E-state index in [1.54, 1.807) is 12.1 Å². The van der Waals surface area contributed by atoms with Gasteiger partial charge in [0.15, 0.2) is 0 Å². The maximum Gasteiger partial charge on any atom is 0.127 e. The third-order valence-electron chi connectivity index (χ3n) is 5.62. The largest absolute Gasteiger partial charge is 0.294 e. The standard InChI is InChI=1S/C20H26FN5/c1-2-19-22-10-14(11-23-19)13-26-9-5-8-18(26)20-16(12-24-25-20)15-6-3-4-7-17(15)21/h3-4,6-7,10-11,16,18,20,24-25H,2,5,8-9,12-13H2,1H3. The van der Waals surface area contributed by atoms with Crippen LogP contribution < -0.4 is 10.9 Å². The van der Waals surface area contributed by atoms with Gasteiger partial charge in [0, 0.05) is 55.5 Å². The molecule has 138 valence electrons. The van der Waals surface area contributed by atoms with E-state index in [1.807, 2.05) is 24.5 Å². The number of aryl methyl sites for hydroxylation is 1. The Morgan fingerprint density at radius 1 is 1.23 bits per heavy atom. The Morgan fingerprint density at radius 2 is 2.04 bits per heavy atom. The Morgan fingerprint density at radius 3 is 2.81 bits per heavy atom. The smallest absolute Gasteiger partial charge is 0.127 e. The van der Waals surface area contributed by atoms with E-state index in [4.69, 9.17) is 0 Å². The van der Waals surface area contributed by atoms with E-state index in [0.29, 0.717) is 6.04 Å². The van der Waals surface area contributed by atoms with Gasteiger partial charge in [0.05, 0.1) is 0 Å². The molecule has 2 aliphatic heterocycles. The molecule has 2 N–H and O–H groups in total. The van der Waals surface area contributed by atoms with Gasteiger partial charge in [0.25, 0.3) is 0 Å². The van der Waals surface area contributed by atoms with Gasteiger partial charge in [-0.25, -0.2) is 14.4 Å². The second kappa shape index (κ2) is 7.78. The van der Waals surface area contributed by atoms with E-state index in [0.717, 1.165) is 49.4 Å². The number of aromatic nitrogens is 2. The Bertz CT molecular complexity index is 735. The van der Waals surface area contributed by atoms with Gasteiger partial charge in [-0.15, -0.1) is 0 Å². The van der Waals surface area contributed by atoms with E-state index in [2.05, 4.69) is 32.6 Å². The number of benzene rings is 1. The van der Waals surface area contributed by atoms with Crippen LogP contribution in [0.15, 0.2) is 36.7 Å². The Hall–Kier alpha value is -1.89. The lowest BCUT2D eigenvalue weighted by molar-refractivity contribution is 0.195. The first-order chi connectivity index (χ1) is 12.8. The second-order valence-corrected chi connectivity index (χ2v) is 7.22. The third-order valence-corrected chi connectivity index (χ3v) is 5.62. The van der Waals surface area contributed by atoms with Gasteiger partial charge in [0.2, 0.25) is 0 Å². The van der Waals surface area contributed by atoms with Crippen molar-refractivity contribution in [1.82, 2.24) is 25.7 Å². The van der Waals surface area contributed by atoms with Crippen LogP contribution in [0.2, 0.25) is 0 Å². The fraction of sp³-hybridized carbons (Fsp3) is 0.500. The molecule has 2 saturated heterocycles. The summed E-state index contributed by atoms with van der Waals surface area (Å²) in [5.41, 5.74) is 8.62. The van der Waals surface area contributed by atoms with Crippen LogP contribution in [-0.2, 0) is 13.0 Å². The first kappa shape index (κ1) is 17.5. The molecule has 1 aromatic heterocycles. The van der Waals surface area contributed by atoms with E-state index in [-0.39, 0.29) is 17.8 Å². The summed E-state index contributed by atoms with van der Waals surface area (Å²) in [5, 5.41) is 0. The SMILES string of the molecule is CCc1ncc(CN2CCCC2C2NNCC2c2ccccc2F)cn1. The summed E-state index contributed by atoms with van der Waals surface area (Å²) in [7, 11) is 0. The predicted octanol–water partition coefficient (Wildman–Crippen LogP) is 2.40. The maximum absolute atomic E-state index is 14.3. The molecule has 0 spiro atoms. The van der Waals surface area contributed by atoms with E-state index in [1.165, 1.54) is 6.42 Å². The van der Waals surface area contributed by atoms with Crippen LogP contribution in [0.3, 0.4) is 0 Å². The highest BCUT2D eigenvalue weighted by molar-refractivity contribution is 5.26. The predicted molar refractivity (Wildman–Crippen MR) is 98.9 cm³/mol. The van der Waals surface area contributed by atoms with Crippen molar-refractivity contribution in [1.29, 1.82) is 0 Å². The van der Waals surface area contributed by atoms with Gasteiger partial charge < -0.3 is 0 Å². The Balaban J connectivity index is 1.51. The average Bonchev–Trinajstić information content (AvgIpc) is 3.31. The van der Waals surface area contributed by atoms with Crippen LogP contribution in [0.1, 0.15) is 42.6 Å². The number of nitrogens with one attached hydrogen (secondary N) is 2. The molecular formula is C20H26FN5. The molecule has 6 heteroatoms. The van der Waals surface area contributed by atoms with Crippen molar-refractivity contribution in [2.45, 2.75) is 50.7 Å². The minimum absolute atomic E-state index is 0.110. The summed E-state index contributed by atoms with van der Waals surface area (Å²) >= 11 is 0. The van der Waals surface area contributed by atoms with Gasteiger partial charge in [0.1, 0.15) is 11.6 Å². The third kappa shape index (κ3) is 3.49. The Labute approximate surface area is 154 Å². The van der Waals surface area contributed by atoms with Crippen LogP contribution >= 0.6 is 0 Å². The number of likely N-dealkylation sites (tertiary alicyclic amines) is 1. The lowest BCUT2D eigenvalue weighted by atomic mass is 9.87. The number of rotatable bonds is 5. The highest BCUT2D eigenvalue weighted by Gasteiger charge is 2.40. The van der Waals surface area contributed by atoms with Gasteiger partial charge in [-0.2, -0.15) is 0 Å². The fourth-order valence-corrected chi connectivity index (χ4v) is 4.29. The molecule has 0 radical (unpaired) electrons. The normalized spacial score (nSPS) is 26.5. The summed E-state index contributed by atoms with van der Waals surface area (Å²) in [5.74, 6) is 0.912. The highest BCUT2D eigenvalue weighted by Crippen LogP contribution is 2.33. The van der Waals surface area contributed by atoms with Crippen molar-refractivity contribution in [3.8, 4) is 0 Å². The monoisotopic (exact) mass is 355 g/mol. The topological polar surface area (TPSA) is 53.1 Å². The van der Waals surface area contributed by atoms with Gasteiger partial charge in [-0.3, -0.25) is 15.8 Å². The number of hydrogen-bond donors (Lipinski definition) is 2. The quantitative estimate of drug-likeness (QED) is 0.863. The van der Waals surface area contributed by atoms with Crippen molar-refractivity contribution in [2.75, 3.05) is 13.1 Å². The Kier molecular flexibility index (Phi) is 5.24. The number of halogens is 1. The molecule has 1 aromatic carbocycles. The van der Waals surface area contributed by atoms with Gasteiger partial charge >= 0.3 is 0 Å². The highest BCUT2D eigenvalue weighted by atomic mass is 19.1. The van der Waals surface area contributed by atoms with Crippen LogP contribution in [-0.4, -0.2) is 40.0 Å². The van der Waals surface area contributed by atoms with Crippen molar-refractivity contribution < 1.29 is 4.39 Å². The molecule has 4 rings (SSSR count). The van der Waals surface area contributed by atoms with Crippen molar-refractivity contribution >= 4 is 0 Å². The zero-order valence-corrected chi connectivity index (χ0v) is 15.2. The van der Waals surface area contributed by atoms with Crippen LogP contribution in [0.25, 0.3) is 0 Å². The molecule has 0 amide bonds. The zero-order chi connectivity index (χ0) is 17.9. The molecule has 3 atom stereocenters. The van der Waals surface area contributed by atoms with E-state index in [9.17, 15) is 4.39 Å². The van der Waals surface area contributed by atoms with E-state index >= 15 is 0 Å². The summed E-state index contributed by atoms with van der Waals surface area (Å²) in [6.07, 6.45) is 7.03. The molecule has 3 heterocycles. The van der Waals surface area contributed by atoms with Crippen molar-refractivity contribution in [2.24, 2.45) is 0 Å². The molecule has 0 aliphatic carbocycles. The molecule has 2 aromatic rings. The lowest BCUT2D eigenvalue weighted by Crippen LogP contribution is -2.47. The van der Waals surface area contributed by atoms with E-state index < -0.39 is 0 Å². The number of hydrazine groups is 1. The van der Waals surface area contributed by atoms with Gasteiger partial charge in [-0.05, 0) is 31.0 Å². The molecule has 2 fully saturated rings. The zero-order valence-electron chi connectivity index (χ0n) is 15.2. The molecule has 0 bridgehead atoms. The molecule has 5 nitrogen and oxygen atoms in total. The molecular weight excluding hydrogens is 329 g/mol. The van der Waals surface area contributed by atoms with Crippen LogP contribution in [0.4, 0.5) is 4.39 Å². The summed E-state index contributed by atoms with van der Waals surface area (Å²) in [6, 6.07) is 7.73. The van der Waals surface area contributed by atoms with Gasteiger partial charge in [-0.1, -0.05) is 25.1 Å². The first-order valence-electron chi connectivity index (χ1n) is 9.53. The fourth-order valence-electron chi connectivity index (χ4n) is 4.29. The number of nitrogens with zero attached hydrogens (tertiary/aromatic N) is 3. The maximum atomic E-state index is 14.3. The number of hydrogen-bond acceptors (Lipinski definition) is 5. The van der Waals surface area contributed by atoms with Crippen LogP contribution in [0.5, 0.6) is 0 Å². The molecule has 2 aliphatic rings. The minimum atomic E-state index is -0.110. The molecule has 26 heavy (non-hydrogen) atoms. The molecule has 0 saturated carbocycles. The lowest BCUT2D eigenvalue weighted by Gasteiger charge is -2.32.